The van der Waals surface area contributed by atoms with Crippen LogP contribution in [0.4, 0.5) is 0 Å². The van der Waals surface area contributed by atoms with Crippen molar-refractivity contribution in [3.05, 3.63) is 63.8 Å². The van der Waals surface area contributed by atoms with E-state index in [0.717, 1.165) is 27.6 Å². The van der Waals surface area contributed by atoms with Crippen LogP contribution >= 0.6 is 11.6 Å². The molecule has 0 fully saturated rings. The van der Waals surface area contributed by atoms with E-state index in [2.05, 4.69) is 5.32 Å². The molecule has 0 aliphatic heterocycles. The van der Waals surface area contributed by atoms with Gasteiger partial charge in [0, 0.05) is 30.6 Å². The number of fused-ring (bicyclic) bond motifs is 1. The van der Waals surface area contributed by atoms with Gasteiger partial charge in [0.25, 0.3) is 5.91 Å². The highest BCUT2D eigenvalue weighted by atomic mass is 35.5. The predicted octanol–water partition coefficient (Wildman–Crippen LogP) is 4.29. The molecule has 146 valence electrons. The highest BCUT2D eigenvalue weighted by Gasteiger charge is 2.20. The smallest absolute Gasteiger partial charge is 0.262 e. The molecular formula is C22H23ClN2O3. The molecule has 3 rings (SSSR count). The Hall–Kier alpha value is -2.79. The molecule has 1 aromatic heterocycles. The van der Waals surface area contributed by atoms with Gasteiger partial charge in [-0.25, -0.2) is 0 Å². The average Bonchev–Trinajstić information content (AvgIpc) is 2.98. The second-order valence-corrected chi connectivity index (χ2v) is 7.24. The first kappa shape index (κ1) is 20.0. The second-order valence-electron chi connectivity index (χ2n) is 6.83. The van der Waals surface area contributed by atoms with Crippen molar-refractivity contribution in [1.82, 2.24) is 9.88 Å². The topological polar surface area (TPSA) is 60.3 Å². The number of nitrogens with one attached hydrogen (secondary N) is 1. The van der Waals surface area contributed by atoms with E-state index >= 15 is 0 Å². The lowest BCUT2D eigenvalue weighted by Gasteiger charge is -2.11. The standard InChI is InChI=1S/C22H23ClN2O3/c1-13-6-5-7-14(2)21(13)22(27)25-12-16(8-9-24-15(3)26)17-10-20(28-4)18(23)11-19(17)25/h5-7,10-12H,8-9H2,1-4H3,(H,24,26). The SMILES string of the molecule is COc1cc2c(CCNC(C)=O)cn(C(=O)c3c(C)cccc3C)c2cc1Cl. The Morgan fingerprint density at radius 3 is 2.46 bits per heavy atom. The summed E-state index contributed by atoms with van der Waals surface area (Å²) in [5.74, 6) is 0.357. The van der Waals surface area contributed by atoms with E-state index < -0.39 is 0 Å². The minimum Gasteiger partial charge on any atom is -0.495 e. The fraction of sp³-hybridized carbons (Fsp3) is 0.273. The molecule has 0 saturated carbocycles. The summed E-state index contributed by atoms with van der Waals surface area (Å²) >= 11 is 6.34. The lowest BCUT2D eigenvalue weighted by molar-refractivity contribution is -0.118. The summed E-state index contributed by atoms with van der Waals surface area (Å²) in [5.41, 5.74) is 4.19. The summed E-state index contributed by atoms with van der Waals surface area (Å²) in [6.45, 7) is 5.83. The van der Waals surface area contributed by atoms with Crippen molar-refractivity contribution in [3.63, 3.8) is 0 Å². The molecule has 0 aliphatic carbocycles. The number of benzene rings is 2. The fourth-order valence-corrected chi connectivity index (χ4v) is 3.70. The number of methoxy groups -OCH3 is 1. The highest BCUT2D eigenvalue weighted by Crippen LogP contribution is 2.33. The molecule has 1 heterocycles. The number of aryl methyl sites for hydroxylation is 2. The fourth-order valence-electron chi connectivity index (χ4n) is 3.46. The average molecular weight is 399 g/mol. The molecule has 0 saturated heterocycles. The maximum atomic E-state index is 13.4. The number of amides is 1. The Kier molecular flexibility index (Phi) is 5.75. The quantitative estimate of drug-likeness (QED) is 0.697. The number of ether oxygens (including phenoxy) is 1. The molecule has 0 radical (unpaired) electrons. The number of carbonyl (C=O) groups excluding carboxylic acids is 2. The lowest BCUT2D eigenvalue weighted by atomic mass is 10.0. The number of nitrogens with zero attached hydrogens (tertiary/aromatic N) is 1. The van der Waals surface area contributed by atoms with Crippen molar-refractivity contribution in [1.29, 1.82) is 0 Å². The lowest BCUT2D eigenvalue weighted by Crippen LogP contribution is -2.22. The van der Waals surface area contributed by atoms with Gasteiger partial charge in [0.1, 0.15) is 5.75 Å². The van der Waals surface area contributed by atoms with E-state index in [-0.39, 0.29) is 11.8 Å². The zero-order chi connectivity index (χ0) is 20.4. The number of halogens is 1. The Balaban J connectivity index is 2.15. The van der Waals surface area contributed by atoms with Crippen LogP contribution in [0.1, 0.15) is 34.0 Å². The van der Waals surface area contributed by atoms with Crippen LogP contribution in [0.25, 0.3) is 10.9 Å². The van der Waals surface area contributed by atoms with Gasteiger partial charge in [-0.3, -0.25) is 14.2 Å². The zero-order valence-electron chi connectivity index (χ0n) is 16.4. The van der Waals surface area contributed by atoms with E-state index in [0.29, 0.717) is 29.3 Å². The molecule has 1 amide bonds. The van der Waals surface area contributed by atoms with Crippen molar-refractivity contribution in [2.75, 3.05) is 13.7 Å². The summed E-state index contributed by atoms with van der Waals surface area (Å²) in [6.07, 6.45) is 2.42. The molecule has 3 aromatic rings. The van der Waals surface area contributed by atoms with Gasteiger partial charge in [-0.2, -0.15) is 0 Å². The van der Waals surface area contributed by atoms with Gasteiger partial charge in [-0.1, -0.05) is 29.8 Å². The summed E-state index contributed by atoms with van der Waals surface area (Å²) in [6, 6.07) is 9.40. The van der Waals surface area contributed by atoms with Crippen LogP contribution < -0.4 is 10.1 Å². The molecular weight excluding hydrogens is 376 g/mol. The van der Waals surface area contributed by atoms with Crippen molar-refractivity contribution in [3.8, 4) is 5.75 Å². The molecule has 5 nitrogen and oxygen atoms in total. The largest absolute Gasteiger partial charge is 0.495 e. The normalized spacial score (nSPS) is 10.9. The van der Waals surface area contributed by atoms with E-state index in [1.807, 2.05) is 44.3 Å². The Bertz CT molecular complexity index is 1050. The van der Waals surface area contributed by atoms with Gasteiger partial charge in [0.2, 0.25) is 5.91 Å². The Labute approximate surface area is 169 Å². The van der Waals surface area contributed by atoms with Gasteiger partial charge >= 0.3 is 0 Å². The van der Waals surface area contributed by atoms with E-state index in [4.69, 9.17) is 16.3 Å². The molecule has 0 aliphatic rings. The molecule has 1 N–H and O–H groups in total. The predicted molar refractivity (Wildman–Crippen MR) is 112 cm³/mol. The van der Waals surface area contributed by atoms with Crippen LogP contribution in [0.2, 0.25) is 5.02 Å². The summed E-state index contributed by atoms with van der Waals surface area (Å²) in [5, 5.41) is 4.12. The van der Waals surface area contributed by atoms with Crippen LogP contribution in [0.5, 0.6) is 5.75 Å². The van der Waals surface area contributed by atoms with Crippen molar-refractivity contribution in [2.24, 2.45) is 0 Å². The van der Waals surface area contributed by atoms with Gasteiger partial charge < -0.3 is 10.1 Å². The maximum absolute atomic E-state index is 13.4. The first-order valence-electron chi connectivity index (χ1n) is 9.06. The number of rotatable bonds is 5. The molecule has 2 aromatic carbocycles. The maximum Gasteiger partial charge on any atom is 0.262 e. The van der Waals surface area contributed by atoms with Crippen LogP contribution in [-0.2, 0) is 11.2 Å². The monoisotopic (exact) mass is 398 g/mol. The van der Waals surface area contributed by atoms with Gasteiger partial charge in [0.05, 0.1) is 17.6 Å². The number of aromatic nitrogens is 1. The van der Waals surface area contributed by atoms with Crippen molar-refractivity contribution >= 4 is 34.3 Å². The first-order valence-corrected chi connectivity index (χ1v) is 9.44. The van der Waals surface area contributed by atoms with Gasteiger partial charge in [-0.05, 0) is 49.1 Å². The van der Waals surface area contributed by atoms with Crippen LogP contribution in [-0.4, -0.2) is 30.0 Å². The Morgan fingerprint density at radius 2 is 1.86 bits per heavy atom. The highest BCUT2D eigenvalue weighted by molar-refractivity contribution is 6.33. The number of carbonyl (C=O) groups is 2. The number of hydrogen-bond acceptors (Lipinski definition) is 3. The van der Waals surface area contributed by atoms with Crippen LogP contribution in [0.3, 0.4) is 0 Å². The summed E-state index contributed by atoms with van der Waals surface area (Å²) in [7, 11) is 1.56. The van der Waals surface area contributed by atoms with Crippen LogP contribution in [0, 0.1) is 13.8 Å². The molecule has 0 atom stereocenters. The number of hydrogen-bond donors (Lipinski definition) is 1. The third kappa shape index (κ3) is 3.76. The minimum absolute atomic E-state index is 0.0871. The molecule has 0 spiro atoms. The first-order chi connectivity index (χ1) is 13.3. The molecule has 0 unspecified atom stereocenters. The minimum atomic E-state index is -0.104. The summed E-state index contributed by atoms with van der Waals surface area (Å²) in [4.78, 5) is 24.6. The van der Waals surface area contributed by atoms with Crippen LogP contribution in [0.15, 0.2) is 36.5 Å². The third-order valence-electron chi connectivity index (χ3n) is 4.84. The third-order valence-corrected chi connectivity index (χ3v) is 5.14. The summed E-state index contributed by atoms with van der Waals surface area (Å²) < 4.78 is 6.99. The second kappa shape index (κ2) is 8.07. The van der Waals surface area contributed by atoms with Gasteiger partial charge in [-0.15, -0.1) is 0 Å². The van der Waals surface area contributed by atoms with E-state index in [1.165, 1.54) is 6.92 Å². The van der Waals surface area contributed by atoms with Gasteiger partial charge in [0.15, 0.2) is 0 Å². The van der Waals surface area contributed by atoms with Crippen molar-refractivity contribution in [2.45, 2.75) is 27.2 Å². The molecule has 6 heteroatoms. The molecule has 28 heavy (non-hydrogen) atoms. The van der Waals surface area contributed by atoms with E-state index in [1.54, 1.807) is 17.7 Å². The van der Waals surface area contributed by atoms with Crippen molar-refractivity contribution < 1.29 is 14.3 Å². The Morgan fingerprint density at radius 1 is 1.18 bits per heavy atom. The zero-order valence-corrected chi connectivity index (χ0v) is 17.2. The molecule has 0 bridgehead atoms. The van der Waals surface area contributed by atoms with E-state index in [9.17, 15) is 9.59 Å².